The first kappa shape index (κ1) is 15.9. The van der Waals surface area contributed by atoms with Crippen LogP contribution in [0.3, 0.4) is 0 Å². The summed E-state index contributed by atoms with van der Waals surface area (Å²) in [5, 5.41) is 7.46. The van der Waals surface area contributed by atoms with Gasteiger partial charge in [0.25, 0.3) is 5.91 Å². The number of rotatable bonds is 5. The smallest absolute Gasteiger partial charge is 0.263 e. The molecule has 1 heterocycles. The van der Waals surface area contributed by atoms with E-state index in [9.17, 15) is 4.79 Å². The first-order valence-corrected chi connectivity index (χ1v) is 7.89. The number of amides is 1. The molecule has 4 nitrogen and oxygen atoms in total. The number of likely N-dealkylation sites (N-methyl/N-ethyl adjacent to an activating group) is 1. The summed E-state index contributed by atoms with van der Waals surface area (Å²) in [6.45, 7) is 4.44. The van der Waals surface area contributed by atoms with Crippen molar-refractivity contribution in [2.24, 2.45) is 0 Å². The van der Waals surface area contributed by atoms with E-state index in [0.29, 0.717) is 16.4 Å². The maximum atomic E-state index is 12.2. The number of nitrogens with one attached hydrogen (secondary N) is 2. The second kappa shape index (κ2) is 7.02. The first-order chi connectivity index (χ1) is 10.0. The number of aryl methyl sites for hydroxylation is 1. The topological polar surface area (TPSA) is 54.0 Å². The summed E-state index contributed by atoms with van der Waals surface area (Å²) in [6.07, 6.45) is 0. The minimum atomic E-state index is -0.0830. The van der Waals surface area contributed by atoms with Crippen molar-refractivity contribution in [2.75, 3.05) is 13.6 Å². The predicted molar refractivity (Wildman–Crippen MR) is 88.2 cm³/mol. The monoisotopic (exact) mass is 323 g/mol. The van der Waals surface area contributed by atoms with Gasteiger partial charge < -0.3 is 10.6 Å². The van der Waals surface area contributed by atoms with Crippen LogP contribution in [0.1, 0.15) is 22.3 Å². The largest absolute Gasteiger partial charge is 0.350 e. The van der Waals surface area contributed by atoms with Gasteiger partial charge >= 0.3 is 0 Å². The fourth-order valence-corrected chi connectivity index (χ4v) is 2.95. The van der Waals surface area contributed by atoms with Gasteiger partial charge in [-0.1, -0.05) is 23.7 Å². The van der Waals surface area contributed by atoms with Gasteiger partial charge in [-0.3, -0.25) is 4.79 Å². The lowest BCUT2D eigenvalue weighted by Gasteiger charge is -2.10. The first-order valence-electron chi connectivity index (χ1n) is 6.70. The Labute approximate surface area is 133 Å². The number of benzene rings is 1. The van der Waals surface area contributed by atoms with Crippen LogP contribution < -0.4 is 10.6 Å². The van der Waals surface area contributed by atoms with Crippen molar-refractivity contribution in [3.63, 3.8) is 0 Å². The highest BCUT2D eigenvalue weighted by molar-refractivity contribution is 7.17. The van der Waals surface area contributed by atoms with Crippen molar-refractivity contribution in [3.8, 4) is 10.6 Å². The third-order valence-corrected chi connectivity index (χ3v) is 4.58. The van der Waals surface area contributed by atoms with Gasteiger partial charge in [0.2, 0.25) is 0 Å². The molecule has 1 amide bonds. The van der Waals surface area contributed by atoms with Crippen molar-refractivity contribution in [3.05, 3.63) is 39.9 Å². The highest BCUT2D eigenvalue weighted by Crippen LogP contribution is 2.29. The Balaban J connectivity index is 2.17. The standard InChI is InChI=1S/C15H18ClN3OS/c1-9(17-3)8-18-14(20)13-10(2)19-15(21-13)11-5-4-6-12(16)7-11/h4-7,9,17H,8H2,1-3H3,(H,18,20). The van der Waals surface area contributed by atoms with Crippen LogP contribution in [0.5, 0.6) is 0 Å². The zero-order valence-electron chi connectivity index (χ0n) is 12.2. The predicted octanol–water partition coefficient (Wildman–Crippen LogP) is 3.11. The molecule has 0 fully saturated rings. The molecule has 0 aliphatic heterocycles. The molecule has 0 aliphatic rings. The number of carbonyl (C=O) groups excluding carboxylic acids is 1. The van der Waals surface area contributed by atoms with Gasteiger partial charge in [0.1, 0.15) is 9.88 Å². The Kier molecular flexibility index (Phi) is 5.33. The van der Waals surface area contributed by atoms with Crippen LogP contribution in [0.4, 0.5) is 0 Å². The van der Waals surface area contributed by atoms with Gasteiger partial charge in [0.15, 0.2) is 0 Å². The molecule has 0 saturated carbocycles. The van der Waals surface area contributed by atoms with Crippen LogP contribution in [0.2, 0.25) is 5.02 Å². The Morgan fingerprint density at radius 2 is 2.24 bits per heavy atom. The van der Waals surface area contributed by atoms with E-state index >= 15 is 0 Å². The lowest BCUT2D eigenvalue weighted by molar-refractivity contribution is 0.0954. The molecule has 0 bridgehead atoms. The molecule has 0 saturated heterocycles. The molecule has 1 aromatic carbocycles. The molecule has 2 N–H and O–H groups in total. The number of hydrogen-bond donors (Lipinski definition) is 2. The van der Waals surface area contributed by atoms with E-state index in [-0.39, 0.29) is 11.9 Å². The zero-order chi connectivity index (χ0) is 15.4. The molecule has 2 rings (SSSR count). The molecule has 0 spiro atoms. The average molecular weight is 324 g/mol. The molecule has 1 unspecified atom stereocenters. The summed E-state index contributed by atoms with van der Waals surface area (Å²) in [7, 11) is 1.87. The normalized spacial score (nSPS) is 12.2. The van der Waals surface area contributed by atoms with Gasteiger partial charge in [-0.25, -0.2) is 4.98 Å². The second-order valence-corrected chi connectivity index (χ2v) is 6.28. The maximum Gasteiger partial charge on any atom is 0.263 e. The Bertz CT molecular complexity index is 642. The SMILES string of the molecule is CNC(C)CNC(=O)c1sc(-c2cccc(Cl)c2)nc1C. The van der Waals surface area contributed by atoms with Gasteiger partial charge in [-0.15, -0.1) is 11.3 Å². The van der Waals surface area contributed by atoms with Gasteiger partial charge in [0, 0.05) is 23.2 Å². The summed E-state index contributed by atoms with van der Waals surface area (Å²) in [5.41, 5.74) is 1.67. The quantitative estimate of drug-likeness (QED) is 0.889. The van der Waals surface area contributed by atoms with E-state index in [1.807, 2.05) is 45.2 Å². The Morgan fingerprint density at radius 1 is 1.48 bits per heavy atom. The van der Waals surface area contributed by atoms with Crippen LogP contribution in [0.25, 0.3) is 10.6 Å². The summed E-state index contributed by atoms with van der Waals surface area (Å²) in [5.74, 6) is -0.0830. The van der Waals surface area contributed by atoms with E-state index in [1.54, 1.807) is 0 Å². The van der Waals surface area contributed by atoms with Crippen LogP contribution in [0.15, 0.2) is 24.3 Å². The van der Waals surface area contributed by atoms with Crippen molar-refractivity contribution in [1.82, 2.24) is 15.6 Å². The highest BCUT2D eigenvalue weighted by atomic mass is 35.5. The van der Waals surface area contributed by atoms with Gasteiger partial charge in [0.05, 0.1) is 5.69 Å². The number of halogens is 1. The molecule has 112 valence electrons. The Hall–Kier alpha value is -1.43. The van der Waals surface area contributed by atoms with Crippen LogP contribution in [-0.4, -0.2) is 30.5 Å². The molecule has 6 heteroatoms. The van der Waals surface area contributed by atoms with Crippen molar-refractivity contribution < 1.29 is 4.79 Å². The minimum absolute atomic E-state index is 0.0830. The number of aromatic nitrogens is 1. The molecule has 1 aromatic heterocycles. The summed E-state index contributed by atoms with van der Waals surface area (Å²) < 4.78 is 0. The molecule has 21 heavy (non-hydrogen) atoms. The number of hydrogen-bond acceptors (Lipinski definition) is 4. The summed E-state index contributed by atoms with van der Waals surface area (Å²) >= 11 is 7.38. The van der Waals surface area contributed by atoms with Crippen LogP contribution >= 0.6 is 22.9 Å². The molecular formula is C15H18ClN3OS. The van der Waals surface area contributed by atoms with E-state index in [2.05, 4.69) is 15.6 Å². The van der Waals surface area contributed by atoms with Crippen molar-refractivity contribution in [2.45, 2.75) is 19.9 Å². The van der Waals surface area contributed by atoms with Gasteiger partial charge in [-0.05, 0) is 33.0 Å². The minimum Gasteiger partial charge on any atom is -0.350 e. The summed E-state index contributed by atoms with van der Waals surface area (Å²) in [4.78, 5) is 17.3. The fourth-order valence-electron chi connectivity index (χ4n) is 1.78. The molecule has 1 atom stereocenters. The average Bonchev–Trinajstić information content (AvgIpc) is 2.86. The second-order valence-electron chi connectivity index (χ2n) is 4.84. The Morgan fingerprint density at radius 3 is 2.90 bits per heavy atom. The van der Waals surface area contributed by atoms with E-state index in [1.165, 1.54) is 11.3 Å². The van der Waals surface area contributed by atoms with E-state index < -0.39 is 0 Å². The van der Waals surface area contributed by atoms with Gasteiger partial charge in [-0.2, -0.15) is 0 Å². The number of carbonyl (C=O) groups is 1. The third-order valence-electron chi connectivity index (χ3n) is 3.14. The van der Waals surface area contributed by atoms with Crippen molar-refractivity contribution in [1.29, 1.82) is 0 Å². The van der Waals surface area contributed by atoms with Crippen LogP contribution in [-0.2, 0) is 0 Å². The molecular weight excluding hydrogens is 306 g/mol. The molecule has 2 aromatic rings. The number of nitrogens with zero attached hydrogens (tertiary/aromatic N) is 1. The highest BCUT2D eigenvalue weighted by Gasteiger charge is 2.16. The third kappa shape index (κ3) is 4.03. The van der Waals surface area contributed by atoms with E-state index in [4.69, 9.17) is 11.6 Å². The zero-order valence-corrected chi connectivity index (χ0v) is 13.8. The maximum absolute atomic E-state index is 12.2. The van der Waals surface area contributed by atoms with Crippen LogP contribution in [0, 0.1) is 6.92 Å². The lowest BCUT2D eigenvalue weighted by atomic mass is 10.2. The molecule has 0 aliphatic carbocycles. The van der Waals surface area contributed by atoms with Crippen molar-refractivity contribution >= 4 is 28.8 Å². The fraction of sp³-hybridized carbons (Fsp3) is 0.333. The molecule has 0 radical (unpaired) electrons. The lowest BCUT2D eigenvalue weighted by Crippen LogP contribution is -2.37. The number of thiazole rings is 1. The summed E-state index contributed by atoms with van der Waals surface area (Å²) in [6, 6.07) is 7.72. The van der Waals surface area contributed by atoms with E-state index in [0.717, 1.165) is 16.3 Å².